The summed E-state index contributed by atoms with van der Waals surface area (Å²) in [7, 11) is 6.01. The molecule has 0 fully saturated rings. The first-order valence-electron chi connectivity index (χ1n) is 7.34. The summed E-state index contributed by atoms with van der Waals surface area (Å²) in [5, 5.41) is 11.3. The van der Waals surface area contributed by atoms with Gasteiger partial charge in [0.15, 0.2) is 23.0 Å². The van der Waals surface area contributed by atoms with Gasteiger partial charge in [-0.2, -0.15) is 0 Å². The van der Waals surface area contributed by atoms with Crippen LogP contribution < -0.4 is 18.9 Å². The van der Waals surface area contributed by atoms with Gasteiger partial charge in [0.1, 0.15) is 0 Å². The van der Waals surface area contributed by atoms with Crippen molar-refractivity contribution in [3.8, 4) is 23.0 Å². The average molecular weight is 345 g/mol. The fraction of sp³-hybridized carbons (Fsp3) is 0.222. The number of nitro groups is 1. The van der Waals surface area contributed by atoms with E-state index in [9.17, 15) is 10.1 Å². The van der Waals surface area contributed by atoms with Gasteiger partial charge in [0, 0.05) is 0 Å². The van der Waals surface area contributed by atoms with E-state index in [0.717, 1.165) is 5.56 Å². The molecule has 2 aromatic carbocycles. The number of nitro benzene ring substituents is 1. The zero-order valence-electron chi connectivity index (χ0n) is 14.4. The van der Waals surface area contributed by atoms with Crippen LogP contribution in [0.5, 0.6) is 23.0 Å². The van der Waals surface area contributed by atoms with E-state index in [2.05, 4.69) is 0 Å². The van der Waals surface area contributed by atoms with Crippen LogP contribution in [0.3, 0.4) is 0 Å². The fourth-order valence-electron chi connectivity index (χ4n) is 2.32. The molecular weight excluding hydrogens is 326 g/mol. The number of rotatable bonds is 7. The second-order valence-electron chi connectivity index (χ2n) is 4.97. The van der Waals surface area contributed by atoms with Gasteiger partial charge in [-0.25, -0.2) is 0 Å². The predicted octanol–water partition coefficient (Wildman–Crippen LogP) is 3.80. The molecule has 0 aliphatic carbocycles. The van der Waals surface area contributed by atoms with Crippen molar-refractivity contribution < 1.29 is 23.9 Å². The van der Waals surface area contributed by atoms with Crippen LogP contribution in [0, 0.1) is 10.1 Å². The molecule has 0 aliphatic rings. The van der Waals surface area contributed by atoms with Gasteiger partial charge < -0.3 is 18.9 Å². The monoisotopic (exact) mass is 345 g/mol. The maximum absolute atomic E-state index is 11.3. The summed E-state index contributed by atoms with van der Waals surface area (Å²) in [5.74, 6) is 1.90. The summed E-state index contributed by atoms with van der Waals surface area (Å²) in [6.45, 7) is 0. The van der Waals surface area contributed by atoms with E-state index in [1.54, 1.807) is 44.6 Å². The Labute approximate surface area is 145 Å². The molecule has 7 nitrogen and oxygen atoms in total. The molecule has 2 aromatic rings. The van der Waals surface area contributed by atoms with Gasteiger partial charge in [-0.3, -0.25) is 10.1 Å². The van der Waals surface area contributed by atoms with Gasteiger partial charge in [-0.05, 0) is 29.8 Å². The van der Waals surface area contributed by atoms with Crippen LogP contribution in [0.4, 0.5) is 5.69 Å². The predicted molar refractivity (Wildman–Crippen MR) is 94.7 cm³/mol. The quantitative estimate of drug-likeness (QED) is 0.431. The Morgan fingerprint density at radius 3 is 1.92 bits per heavy atom. The Hall–Kier alpha value is -3.22. The molecule has 132 valence electrons. The van der Waals surface area contributed by atoms with Gasteiger partial charge in [-0.1, -0.05) is 12.1 Å². The Bertz CT molecular complexity index is 800. The second-order valence-corrected chi connectivity index (χ2v) is 4.97. The van der Waals surface area contributed by atoms with Crippen molar-refractivity contribution in [2.24, 2.45) is 0 Å². The Morgan fingerprint density at radius 1 is 0.800 bits per heavy atom. The zero-order chi connectivity index (χ0) is 18.4. The highest BCUT2D eigenvalue weighted by Crippen LogP contribution is 2.35. The molecule has 0 unspecified atom stereocenters. The van der Waals surface area contributed by atoms with E-state index in [1.165, 1.54) is 20.3 Å². The van der Waals surface area contributed by atoms with Crippen LogP contribution in [-0.2, 0) is 0 Å². The minimum Gasteiger partial charge on any atom is -0.493 e. The third-order valence-electron chi connectivity index (χ3n) is 3.59. The number of methoxy groups -OCH3 is 4. The largest absolute Gasteiger partial charge is 0.493 e. The molecule has 2 rings (SSSR count). The lowest BCUT2D eigenvalue weighted by Crippen LogP contribution is -1.96. The van der Waals surface area contributed by atoms with Crippen LogP contribution in [-0.4, -0.2) is 33.4 Å². The first kappa shape index (κ1) is 18.1. The highest BCUT2D eigenvalue weighted by Gasteiger charge is 2.17. The summed E-state index contributed by atoms with van der Waals surface area (Å²) in [5.41, 5.74) is 1.13. The maximum Gasteiger partial charge on any atom is 0.280 e. The molecule has 0 atom stereocenters. The van der Waals surface area contributed by atoms with E-state index < -0.39 is 4.92 Å². The molecule has 25 heavy (non-hydrogen) atoms. The molecule has 0 heterocycles. The lowest BCUT2D eigenvalue weighted by atomic mass is 10.1. The van der Waals surface area contributed by atoms with Crippen molar-refractivity contribution in [1.29, 1.82) is 0 Å². The average Bonchev–Trinajstić information content (AvgIpc) is 2.64. The van der Waals surface area contributed by atoms with Crippen LogP contribution in [0.25, 0.3) is 12.2 Å². The number of hydrogen-bond acceptors (Lipinski definition) is 6. The Morgan fingerprint density at radius 2 is 1.36 bits per heavy atom. The summed E-state index contributed by atoms with van der Waals surface area (Å²) >= 11 is 0. The van der Waals surface area contributed by atoms with Gasteiger partial charge in [0.05, 0.1) is 45.0 Å². The normalized spacial score (nSPS) is 10.6. The van der Waals surface area contributed by atoms with E-state index >= 15 is 0 Å². The number of ether oxygens (including phenoxy) is 4. The topological polar surface area (TPSA) is 80.1 Å². The molecule has 0 N–H and O–H groups in total. The fourth-order valence-corrected chi connectivity index (χ4v) is 2.32. The molecule has 0 amide bonds. The van der Waals surface area contributed by atoms with E-state index in [0.29, 0.717) is 28.6 Å². The van der Waals surface area contributed by atoms with Crippen molar-refractivity contribution in [2.75, 3.05) is 28.4 Å². The van der Waals surface area contributed by atoms with Gasteiger partial charge in [-0.15, -0.1) is 0 Å². The standard InChI is InChI=1S/C18H19NO6/c1-22-15-8-6-12(9-16(15)23-2)5-7-13-10-17(24-3)18(25-4)11-14(13)19(20)21/h5-11H,1-4H3/b7-5+. The van der Waals surface area contributed by atoms with Crippen molar-refractivity contribution in [2.45, 2.75) is 0 Å². The second kappa shape index (κ2) is 8.05. The minimum atomic E-state index is -0.462. The summed E-state index contributed by atoms with van der Waals surface area (Å²) in [4.78, 5) is 10.9. The molecular formula is C18H19NO6. The smallest absolute Gasteiger partial charge is 0.280 e. The van der Waals surface area contributed by atoms with Gasteiger partial charge in [0.2, 0.25) is 0 Å². The maximum atomic E-state index is 11.3. The first-order chi connectivity index (χ1) is 12.0. The number of nitrogens with zero attached hydrogens (tertiary/aromatic N) is 1. The highest BCUT2D eigenvalue weighted by molar-refractivity contribution is 5.77. The molecule has 0 bridgehead atoms. The molecule has 0 aromatic heterocycles. The van der Waals surface area contributed by atoms with Gasteiger partial charge >= 0.3 is 0 Å². The molecule has 7 heteroatoms. The third kappa shape index (κ3) is 4.00. The van der Waals surface area contributed by atoms with Crippen LogP contribution in [0.15, 0.2) is 30.3 Å². The molecule has 0 spiro atoms. The summed E-state index contributed by atoms with van der Waals surface area (Å²) in [6.07, 6.45) is 3.39. The van der Waals surface area contributed by atoms with E-state index in [4.69, 9.17) is 18.9 Å². The van der Waals surface area contributed by atoms with E-state index in [1.807, 2.05) is 6.07 Å². The third-order valence-corrected chi connectivity index (χ3v) is 3.59. The lowest BCUT2D eigenvalue weighted by Gasteiger charge is -2.09. The molecule has 0 saturated carbocycles. The zero-order valence-corrected chi connectivity index (χ0v) is 14.4. The lowest BCUT2D eigenvalue weighted by molar-refractivity contribution is -0.385. The van der Waals surface area contributed by atoms with E-state index in [-0.39, 0.29) is 5.69 Å². The van der Waals surface area contributed by atoms with Crippen LogP contribution in [0.2, 0.25) is 0 Å². The summed E-state index contributed by atoms with van der Waals surface area (Å²) < 4.78 is 20.8. The van der Waals surface area contributed by atoms with Crippen LogP contribution in [0.1, 0.15) is 11.1 Å². The van der Waals surface area contributed by atoms with Crippen molar-refractivity contribution in [1.82, 2.24) is 0 Å². The Kier molecular flexibility index (Phi) is 5.84. The molecule has 0 saturated heterocycles. The molecule has 0 radical (unpaired) electrons. The van der Waals surface area contributed by atoms with Crippen molar-refractivity contribution >= 4 is 17.8 Å². The summed E-state index contributed by atoms with van der Waals surface area (Å²) in [6, 6.07) is 8.27. The van der Waals surface area contributed by atoms with Crippen molar-refractivity contribution in [3.05, 3.63) is 51.6 Å². The SMILES string of the molecule is COc1ccc(/C=C/c2cc(OC)c(OC)cc2[N+](=O)[O-])cc1OC. The van der Waals surface area contributed by atoms with Gasteiger partial charge in [0.25, 0.3) is 5.69 Å². The number of benzene rings is 2. The minimum absolute atomic E-state index is 0.0747. The molecule has 0 aliphatic heterocycles. The van der Waals surface area contributed by atoms with Crippen LogP contribution >= 0.6 is 0 Å². The van der Waals surface area contributed by atoms with Crippen molar-refractivity contribution in [3.63, 3.8) is 0 Å². The first-order valence-corrected chi connectivity index (χ1v) is 7.34. The number of hydrogen-bond donors (Lipinski definition) is 0. The Balaban J connectivity index is 2.45. The highest BCUT2D eigenvalue weighted by atomic mass is 16.6.